The van der Waals surface area contributed by atoms with Crippen LogP contribution in [0.1, 0.15) is 31.8 Å². The van der Waals surface area contributed by atoms with E-state index in [1.165, 1.54) is 6.08 Å². The smallest absolute Gasteiger partial charge is 0.343 e. The van der Waals surface area contributed by atoms with E-state index < -0.39 is 5.97 Å². The van der Waals surface area contributed by atoms with E-state index in [-0.39, 0.29) is 5.78 Å². The van der Waals surface area contributed by atoms with E-state index in [1.807, 2.05) is 43.3 Å². The summed E-state index contributed by atoms with van der Waals surface area (Å²) < 4.78 is 10.6. The van der Waals surface area contributed by atoms with E-state index in [0.29, 0.717) is 16.9 Å². The average Bonchev–Trinajstić information content (AvgIpc) is 2.73. The Kier molecular flexibility index (Phi) is 6.02. The number of methoxy groups -OCH3 is 1. The summed E-state index contributed by atoms with van der Waals surface area (Å²) in [4.78, 5) is 24.6. The second-order valence-corrected chi connectivity index (χ2v) is 6.20. The first-order chi connectivity index (χ1) is 13.6. The van der Waals surface area contributed by atoms with Gasteiger partial charge >= 0.3 is 5.97 Å². The number of ketones is 1. The van der Waals surface area contributed by atoms with Crippen LogP contribution in [0.3, 0.4) is 0 Å². The highest BCUT2D eigenvalue weighted by molar-refractivity contribution is 6.06. The summed E-state index contributed by atoms with van der Waals surface area (Å²) in [6, 6.07) is 21.2. The molecular formula is C24H20O4. The highest BCUT2D eigenvalue weighted by Crippen LogP contribution is 2.17. The third-order valence-corrected chi connectivity index (χ3v) is 4.24. The lowest BCUT2D eigenvalue weighted by Gasteiger charge is -2.07. The van der Waals surface area contributed by atoms with E-state index >= 15 is 0 Å². The van der Waals surface area contributed by atoms with Gasteiger partial charge in [0.05, 0.1) is 12.7 Å². The Morgan fingerprint density at radius 2 is 1.61 bits per heavy atom. The number of hydrogen-bond acceptors (Lipinski definition) is 4. The van der Waals surface area contributed by atoms with Crippen molar-refractivity contribution in [3.63, 3.8) is 0 Å². The van der Waals surface area contributed by atoms with Crippen LogP contribution >= 0.6 is 0 Å². The summed E-state index contributed by atoms with van der Waals surface area (Å²) in [5, 5.41) is 0. The van der Waals surface area contributed by atoms with Gasteiger partial charge in [0.2, 0.25) is 0 Å². The Morgan fingerprint density at radius 3 is 2.32 bits per heavy atom. The lowest BCUT2D eigenvalue weighted by molar-refractivity contribution is 0.0734. The fourth-order valence-electron chi connectivity index (χ4n) is 2.66. The summed E-state index contributed by atoms with van der Waals surface area (Å²) in [5.74, 6) is 0.561. The predicted octanol–water partition coefficient (Wildman–Crippen LogP) is 5.12. The molecule has 3 aromatic carbocycles. The largest absolute Gasteiger partial charge is 0.497 e. The van der Waals surface area contributed by atoms with Gasteiger partial charge in [0, 0.05) is 5.56 Å². The molecule has 0 aliphatic rings. The van der Waals surface area contributed by atoms with Crippen molar-refractivity contribution in [1.82, 2.24) is 0 Å². The van der Waals surface area contributed by atoms with Gasteiger partial charge in [0.15, 0.2) is 5.78 Å². The van der Waals surface area contributed by atoms with Gasteiger partial charge in [-0.2, -0.15) is 0 Å². The number of allylic oxidation sites excluding steroid dienone is 1. The normalized spacial score (nSPS) is 10.6. The second kappa shape index (κ2) is 8.82. The highest BCUT2D eigenvalue weighted by Gasteiger charge is 2.11. The van der Waals surface area contributed by atoms with Gasteiger partial charge in [0.1, 0.15) is 11.5 Å². The molecule has 0 bridgehead atoms. The predicted molar refractivity (Wildman–Crippen MR) is 109 cm³/mol. The van der Waals surface area contributed by atoms with Crippen LogP contribution in [-0.2, 0) is 0 Å². The molecule has 0 aliphatic heterocycles. The molecule has 0 heterocycles. The van der Waals surface area contributed by atoms with Crippen LogP contribution in [0.15, 0.2) is 78.9 Å². The number of carbonyl (C=O) groups is 2. The van der Waals surface area contributed by atoms with Crippen LogP contribution in [0.25, 0.3) is 6.08 Å². The molecule has 0 unspecified atom stereocenters. The van der Waals surface area contributed by atoms with Crippen molar-refractivity contribution < 1.29 is 19.1 Å². The molecule has 0 saturated heterocycles. The lowest BCUT2D eigenvalue weighted by atomic mass is 10.1. The molecule has 0 aromatic heterocycles. The first-order valence-corrected chi connectivity index (χ1v) is 8.81. The Labute approximate surface area is 164 Å². The quantitative estimate of drug-likeness (QED) is 0.261. The summed E-state index contributed by atoms with van der Waals surface area (Å²) in [7, 11) is 1.60. The van der Waals surface area contributed by atoms with Crippen LogP contribution in [0.5, 0.6) is 11.5 Å². The Balaban J connectivity index is 1.66. The minimum absolute atomic E-state index is 0.139. The maximum atomic E-state index is 12.3. The zero-order valence-electron chi connectivity index (χ0n) is 15.7. The first kappa shape index (κ1) is 19.1. The maximum Gasteiger partial charge on any atom is 0.343 e. The number of esters is 1. The second-order valence-electron chi connectivity index (χ2n) is 6.20. The molecule has 0 fully saturated rings. The molecule has 4 heteroatoms. The van der Waals surface area contributed by atoms with Gasteiger partial charge in [-0.25, -0.2) is 4.79 Å². The van der Waals surface area contributed by atoms with E-state index in [1.54, 1.807) is 49.6 Å². The van der Waals surface area contributed by atoms with Gasteiger partial charge in [-0.3, -0.25) is 4.79 Å². The standard InChI is InChI=1S/C24H20O4/c1-17-6-3-4-9-22(17)24(26)28-20-13-11-19(12-14-20)23(25)15-10-18-7-5-8-21(16-18)27-2/h3-16H,1-2H3/b15-10+. The van der Waals surface area contributed by atoms with Crippen molar-refractivity contribution in [2.75, 3.05) is 7.11 Å². The molecule has 3 rings (SSSR count). The van der Waals surface area contributed by atoms with E-state index in [2.05, 4.69) is 0 Å². The lowest BCUT2D eigenvalue weighted by Crippen LogP contribution is -2.10. The van der Waals surface area contributed by atoms with Gasteiger partial charge in [-0.1, -0.05) is 36.4 Å². The van der Waals surface area contributed by atoms with Crippen molar-refractivity contribution in [3.8, 4) is 11.5 Å². The highest BCUT2D eigenvalue weighted by atomic mass is 16.5. The molecule has 28 heavy (non-hydrogen) atoms. The summed E-state index contributed by atoms with van der Waals surface area (Å²) >= 11 is 0. The minimum Gasteiger partial charge on any atom is -0.497 e. The van der Waals surface area contributed by atoms with Gasteiger partial charge < -0.3 is 9.47 Å². The molecule has 0 radical (unpaired) electrons. The molecule has 0 spiro atoms. The number of benzene rings is 3. The average molecular weight is 372 g/mol. The van der Waals surface area contributed by atoms with Gasteiger partial charge in [-0.05, 0) is 66.6 Å². The molecule has 0 atom stereocenters. The molecule has 140 valence electrons. The SMILES string of the molecule is COc1cccc(/C=C/C(=O)c2ccc(OC(=O)c3ccccc3C)cc2)c1. The zero-order valence-corrected chi connectivity index (χ0v) is 15.7. The van der Waals surface area contributed by atoms with Gasteiger partial charge in [-0.15, -0.1) is 0 Å². The number of carbonyl (C=O) groups excluding carboxylic acids is 2. The molecule has 0 aliphatic carbocycles. The fourth-order valence-corrected chi connectivity index (χ4v) is 2.66. The first-order valence-electron chi connectivity index (χ1n) is 8.81. The summed E-state index contributed by atoms with van der Waals surface area (Å²) in [6.45, 7) is 1.85. The molecule has 3 aromatic rings. The maximum absolute atomic E-state index is 12.3. The molecule has 0 amide bonds. The minimum atomic E-state index is -0.421. The number of rotatable bonds is 6. The van der Waals surface area contributed by atoms with Crippen molar-refractivity contribution in [1.29, 1.82) is 0 Å². The third-order valence-electron chi connectivity index (χ3n) is 4.24. The van der Waals surface area contributed by atoms with Crippen LogP contribution in [0.2, 0.25) is 0 Å². The summed E-state index contributed by atoms with van der Waals surface area (Å²) in [6.07, 6.45) is 3.24. The van der Waals surface area contributed by atoms with Crippen molar-refractivity contribution in [2.24, 2.45) is 0 Å². The molecular weight excluding hydrogens is 352 g/mol. The number of hydrogen-bond donors (Lipinski definition) is 0. The van der Waals surface area contributed by atoms with Crippen LogP contribution in [0, 0.1) is 6.92 Å². The molecule has 0 saturated carbocycles. The van der Waals surface area contributed by atoms with Crippen LogP contribution < -0.4 is 9.47 Å². The van der Waals surface area contributed by atoms with E-state index in [9.17, 15) is 9.59 Å². The van der Waals surface area contributed by atoms with Crippen molar-refractivity contribution in [3.05, 3.63) is 101 Å². The summed E-state index contributed by atoms with van der Waals surface area (Å²) in [5.41, 5.74) is 2.75. The van der Waals surface area contributed by atoms with E-state index in [0.717, 1.165) is 16.9 Å². The zero-order chi connectivity index (χ0) is 19.9. The van der Waals surface area contributed by atoms with Crippen LogP contribution in [0.4, 0.5) is 0 Å². The Hall–Kier alpha value is -3.66. The molecule has 4 nitrogen and oxygen atoms in total. The topological polar surface area (TPSA) is 52.6 Å². The van der Waals surface area contributed by atoms with Gasteiger partial charge in [0.25, 0.3) is 0 Å². The fraction of sp³-hybridized carbons (Fsp3) is 0.0833. The van der Waals surface area contributed by atoms with Crippen molar-refractivity contribution in [2.45, 2.75) is 6.92 Å². The monoisotopic (exact) mass is 372 g/mol. The molecule has 0 N–H and O–H groups in total. The number of aryl methyl sites for hydroxylation is 1. The third kappa shape index (κ3) is 4.74. The Bertz CT molecular complexity index is 1020. The van der Waals surface area contributed by atoms with Crippen LogP contribution in [-0.4, -0.2) is 18.9 Å². The van der Waals surface area contributed by atoms with E-state index in [4.69, 9.17) is 9.47 Å². The van der Waals surface area contributed by atoms with Crippen molar-refractivity contribution >= 4 is 17.8 Å². The Morgan fingerprint density at radius 1 is 0.857 bits per heavy atom. The number of ether oxygens (including phenoxy) is 2.